The van der Waals surface area contributed by atoms with Crippen molar-refractivity contribution in [2.24, 2.45) is 4.99 Å². The zero-order valence-electron chi connectivity index (χ0n) is 15.6. The van der Waals surface area contributed by atoms with Crippen LogP contribution in [0.3, 0.4) is 0 Å². The van der Waals surface area contributed by atoms with E-state index in [0.29, 0.717) is 37.6 Å². The van der Waals surface area contributed by atoms with E-state index in [1.54, 1.807) is 12.1 Å². The first-order valence-electron chi connectivity index (χ1n) is 9.16. The van der Waals surface area contributed by atoms with Crippen LogP contribution in [0.1, 0.15) is 26.7 Å². The molecular formula is C18H26N4O4S. The SMILES string of the molecule is C[C@@H]1CN(CC(=O)Nc2cccc(S(=O)(=O)NC3=NCCC3)c2)C[C@@H](C)O1. The first-order valence-corrected chi connectivity index (χ1v) is 10.6. The second-order valence-corrected chi connectivity index (χ2v) is 8.75. The van der Waals surface area contributed by atoms with E-state index in [9.17, 15) is 13.2 Å². The van der Waals surface area contributed by atoms with E-state index in [0.717, 1.165) is 6.42 Å². The van der Waals surface area contributed by atoms with Crippen LogP contribution in [0.15, 0.2) is 34.2 Å². The molecule has 0 spiro atoms. The zero-order chi connectivity index (χ0) is 19.4. The molecule has 2 atom stereocenters. The quantitative estimate of drug-likeness (QED) is 0.782. The lowest BCUT2D eigenvalue weighted by Crippen LogP contribution is -2.48. The number of amidine groups is 1. The van der Waals surface area contributed by atoms with Crippen LogP contribution in [-0.4, -0.2) is 63.4 Å². The second-order valence-electron chi connectivity index (χ2n) is 7.06. The predicted octanol–water partition coefficient (Wildman–Crippen LogP) is 1.20. The lowest BCUT2D eigenvalue weighted by molar-refractivity contribution is -0.121. The number of carbonyl (C=O) groups excluding carboxylic acids is 1. The Morgan fingerprint density at radius 1 is 1.30 bits per heavy atom. The van der Waals surface area contributed by atoms with Crippen LogP contribution < -0.4 is 10.0 Å². The third-order valence-corrected chi connectivity index (χ3v) is 5.80. The fourth-order valence-corrected chi connectivity index (χ4v) is 4.53. The fraction of sp³-hybridized carbons (Fsp3) is 0.556. The number of amides is 1. The Balaban J connectivity index is 1.62. The highest BCUT2D eigenvalue weighted by Gasteiger charge is 2.24. The predicted molar refractivity (Wildman–Crippen MR) is 103 cm³/mol. The van der Waals surface area contributed by atoms with Gasteiger partial charge in [0.2, 0.25) is 5.91 Å². The van der Waals surface area contributed by atoms with Crippen LogP contribution in [0.5, 0.6) is 0 Å². The van der Waals surface area contributed by atoms with E-state index < -0.39 is 10.0 Å². The second kappa shape index (κ2) is 8.37. The molecule has 0 bridgehead atoms. The van der Waals surface area contributed by atoms with Gasteiger partial charge in [0, 0.05) is 31.7 Å². The molecule has 2 N–H and O–H groups in total. The summed E-state index contributed by atoms with van der Waals surface area (Å²) in [6.45, 7) is 6.24. The molecule has 2 aliphatic rings. The Bertz CT molecular complexity index is 814. The molecule has 148 valence electrons. The van der Waals surface area contributed by atoms with Gasteiger partial charge in [-0.05, 0) is 38.5 Å². The molecule has 2 aliphatic heterocycles. The van der Waals surface area contributed by atoms with Crippen molar-refractivity contribution >= 4 is 27.5 Å². The highest BCUT2D eigenvalue weighted by atomic mass is 32.2. The summed E-state index contributed by atoms with van der Waals surface area (Å²) in [5.41, 5.74) is 0.450. The van der Waals surface area contributed by atoms with E-state index in [4.69, 9.17) is 4.74 Å². The lowest BCUT2D eigenvalue weighted by Gasteiger charge is -2.34. The van der Waals surface area contributed by atoms with Gasteiger partial charge in [-0.15, -0.1) is 0 Å². The van der Waals surface area contributed by atoms with Gasteiger partial charge >= 0.3 is 0 Å². The molecule has 27 heavy (non-hydrogen) atoms. The van der Waals surface area contributed by atoms with Gasteiger partial charge in [0.25, 0.3) is 10.0 Å². The Morgan fingerprint density at radius 2 is 2.04 bits per heavy atom. The highest BCUT2D eigenvalue weighted by Crippen LogP contribution is 2.17. The average Bonchev–Trinajstić information content (AvgIpc) is 3.06. The molecule has 1 fully saturated rings. The third kappa shape index (κ3) is 5.50. The molecule has 1 aromatic rings. The third-order valence-electron chi connectivity index (χ3n) is 4.42. The van der Waals surface area contributed by atoms with E-state index in [2.05, 4.69) is 15.0 Å². The maximum absolute atomic E-state index is 12.5. The molecule has 1 saturated heterocycles. The van der Waals surface area contributed by atoms with Gasteiger partial charge in [0.1, 0.15) is 5.84 Å². The minimum absolute atomic E-state index is 0.0830. The summed E-state index contributed by atoms with van der Waals surface area (Å²) in [4.78, 5) is 18.6. The van der Waals surface area contributed by atoms with E-state index in [1.165, 1.54) is 12.1 Å². The van der Waals surface area contributed by atoms with E-state index in [1.807, 2.05) is 18.7 Å². The first kappa shape index (κ1) is 19.8. The standard InChI is InChI=1S/C18H26N4O4S/c1-13-10-22(11-14(2)26-13)12-18(23)20-15-5-3-6-16(9-15)27(24,25)21-17-7-4-8-19-17/h3,5-6,9,13-14H,4,7-8,10-12H2,1-2H3,(H,19,21)(H,20,23)/t13-,14-/m1/s1. The number of aliphatic imine (C=N–C) groups is 1. The molecule has 1 aromatic carbocycles. The maximum atomic E-state index is 12.5. The number of hydrogen-bond donors (Lipinski definition) is 2. The van der Waals surface area contributed by atoms with Crippen molar-refractivity contribution < 1.29 is 17.9 Å². The zero-order valence-corrected chi connectivity index (χ0v) is 16.5. The molecule has 2 heterocycles. The number of sulfonamides is 1. The number of benzene rings is 1. The molecule has 0 unspecified atom stereocenters. The van der Waals surface area contributed by atoms with Crippen molar-refractivity contribution in [3.8, 4) is 0 Å². The van der Waals surface area contributed by atoms with Crippen LogP contribution in [-0.2, 0) is 19.6 Å². The van der Waals surface area contributed by atoms with Gasteiger partial charge in [-0.1, -0.05) is 6.07 Å². The van der Waals surface area contributed by atoms with Gasteiger partial charge in [0.15, 0.2) is 0 Å². The summed E-state index contributed by atoms with van der Waals surface area (Å²) < 4.78 is 33.2. The van der Waals surface area contributed by atoms with Crippen molar-refractivity contribution in [1.82, 2.24) is 9.62 Å². The molecule has 0 radical (unpaired) electrons. The minimum Gasteiger partial charge on any atom is -0.373 e. The Morgan fingerprint density at radius 3 is 2.70 bits per heavy atom. The van der Waals surface area contributed by atoms with Gasteiger partial charge in [-0.3, -0.25) is 19.4 Å². The summed E-state index contributed by atoms with van der Waals surface area (Å²) >= 11 is 0. The van der Waals surface area contributed by atoms with Crippen molar-refractivity contribution in [3.63, 3.8) is 0 Å². The van der Waals surface area contributed by atoms with Gasteiger partial charge < -0.3 is 10.1 Å². The Labute approximate surface area is 160 Å². The van der Waals surface area contributed by atoms with Gasteiger partial charge in [0.05, 0.1) is 23.6 Å². The average molecular weight is 394 g/mol. The highest BCUT2D eigenvalue weighted by molar-refractivity contribution is 7.90. The topological polar surface area (TPSA) is 100 Å². The van der Waals surface area contributed by atoms with Gasteiger partial charge in [-0.25, -0.2) is 8.42 Å². The van der Waals surface area contributed by atoms with Crippen LogP contribution in [0.4, 0.5) is 5.69 Å². The first-order chi connectivity index (χ1) is 12.8. The number of nitrogens with zero attached hydrogens (tertiary/aromatic N) is 2. The summed E-state index contributed by atoms with van der Waals surface area (Å²) in [6, 6.07) is 6.24. The molecule has 8 nitrogen and oxygen atoms in total. The summed E-state index contributed by atoms with van der Waals surface area (Å²) in [5.74, 6) is 0.305. The van der Waals surface area contributed by atoms with E-state index >= 15 is 0 Å². The normalized spacial score (nSPS) is 23.7. The largest absolute Gasteiger partial charge is 0.373 e. The molecule has 0 saturated carbocycles. The number of morpholine rings is 1. The summed E-state index contributed by atoms with van der Waals surface area (Å²) in [7, 11) is -3.70. The van der Waals surface area contributed by atoms with Crippen molar-refractivity contribution in [3.05, 3.63) is 24.3 Å². The number of rotatable bonds is 5. The summed E-state index contributed by atoms with van der Waals surface area (Å²) in [6.07, 6.45) is 1.65. The number of ether oxygens (including phenoxy) is 1. The summed E-state index contributed by atoms with van der Waals surface area (Å²) in [5, 5.41) is 2.78. The van der Waals surface area contributed by atoms with Gasteiger partial charge in [-0.2, -0.15) is 0 Å². The molecule has 1 amide bonds. The number of carbonyl (C=O) groups is 1. The van der Waals surface area contributed by atoms with E-state index in [-0.39, 0.29) is 29.6 Å². The lowest BCUT2D eigenvalue weighted by atomic mass is 10.2. The smallest absolute Gasteiger partial charge is 0.262 e. The molecule has 0 aliphatic carbocycles. The molecule has 0 aromatic heterocycles. The van der Waals surface area contributed by atoms with Crippen molar-refractivity contribution in [2.45, 2.75) is 43.8 Å². The van der Waals surface area contributed by atoms with Crippen LogP contribution in [0.2, 0.25) is 0 Å². The minimum atomic E-state index is -3.70. The Hall–Kier alpha value is -1.97. The number of nitrogens with one attached hydrogen (secondary N) is 2. The fourth-order valence-electron chi connectivity index (χ4n) is 3.40. The van der Waals surface area contributed by atoms with Crippen LogP contribution in [0, 0.1) is 0 Å². The van der Waals surface area contributed by atoms with Crippen molar-refractivity contribution in [2.75, 3.05) is 31.5 Å². The maximum Gasteiger partial charge on any atom is 0.262 e. The molecule has 9 heteroatoms. The molecular weight excluding hydrogens is 368 g/mol. The monoisotopic (exact) mass is 394 g/mol. The molecule has 3 rings (SSSR count). The van der Waals surface area contributed by atoms with Crippen LogP contribution in [0.25, 0.3) is 0 Å². The Kier molecular flexibility index (Phi) is 6.13. The van der Waals surface area contributed by atoms with Crippen LogP contribution >= 0.6 is 0 Å². The van der Waals surface area contributed by atoms with Crippen molar-refractivity contribution in [1.29, 1.82) is 0 Å². The number of anilines is 1. The number of hydrogen-bond acceptors (Lipinski definition) is 6.